The van der Waals surface area contributed by atoms with Crippen molar-refractivity contribution in [2.24, 2.45) is 17.6 Å². The van der Waals surface area contributed by atoms with Crippen LogP contribution in [0.3, 0.4) is 0 Å². The number of amides is 3. The Kier molecular flexibility index (Phi) is 12.6. The number of aliphatic hydroxyl groups is 1. The molecular weight excluding hydrogens is 412 g/mol. The van der Waals surface area contributed by atoms with Gasteiger partial charge in [0.05, 0.1) is 12.1 Å². The molecule has 0 aliphatic rings. The molecule has 3 amide bonds. The molecule has 0 aromatic rings. The SMILES string of the molecule is CCC(C)C(NC(=O)C(N)CC(C)C)C(=O)NC(C(=O)NC(CS)C(=O)O)C(C)O. The van der Waals surface area contributed by atoms with Crippen LogP contribution >= 0.6 is 12.6 Å². The molecule has 6 unspecified atom stereocenters. The summed E-state index contributed by atoms with van der Waals surface area (Å²) in [6.45, 7) is 8.74. The molecule has 30 heavy (non-hydrogen) atoms. The lowest BCUT2D eigenvalue weighted by molar-refractivity contribution is -0.142. The Morgan fingerprint density at radius 3 is 1.83 bits per heavy atom. The van der Waals surface area contributed by atoms with Crippen LogP contribution < -0.4 is 21.7 Å². The second-order valence-electron chi connectivity index (χ2n) is 7.92. The highest BCUT2D eigenvalue weighted by Gasteiger charge is 2.34. The van der Waals surface area contributed by atoms with E-state index < -0.39 is 54.0 Å². The minimum Gasteiger partial charge on any atom is -0.480 e. The minimum absolute atomic E-state index is 0.166. The van der Waals surface area contributed by atoms with E-state index in [1.54, 1.807) is 6.92 Å². The summed E-state index contributed by atoms with van der Waals surface area (Å²) in [5.74, 6) is -3.57. The molecule has 0 heterocycles. The number of nitrogens with one attached hydrogen (secondary N) is 3. The van der Waals surface area contributed by atoms with Crippen LogP contribution in [0.4, 0.5) is 0 Å². The number of hydrogen-bond donors (Lipinski definition) is 7. The van der Waals surface area contributed by atoms with Crippen molar-refractivity contribution < 1.29 is 29.4 Å². The summed E-state index contributed by atoms with van der Waals surface area (Å²) in [7, 11) is 0. The first-order chi connectivity index (χ1) is 13.8. The van der Waals surface area contributed by atoms with Gasteiger partial charge in [-0.15, -0.1) is 0 Å². The van der Waals surface area contributed by atoms with Gasteiger partial charge in [0.1, 0.15) is 18.1 Å². The van der Waals surface area contributed by atoms with Crippen molar-refractivity contribution >= 4 is 36.3 Å². The molecule has 0 fully saturated rings. The standard InChI is InChI=1S/C19H36N4O6S/c1-6-10(4)14(22-16(25)12(20)7-9(2)3)17(26)23-15(11(5)24)18(27)21-13(8-30)19(28)29/h9-15,24,30H,6-8,20H2,1-5H3,(H,21,27)(H,22,25)(H,23,26)(H,28,29). The molecule has 0 aromatic carbocycles. The fraction of sp³-hybridized carbons (Fsp3) is 0.789. The van der Waals surface area contributed by atoms with Gasteiger partial charge in [-0.1, -0.05) is 34.1 Å². The molecule has 0 aliphatic carbocycles. The van der Waals surface area contributed by atoms with Crippen molar-refractivity contribution in [2.45, 2.75) is 77.7 Å². The third-order valence-electron chi connectivity index (χ3n) is 4.72. The smallest absolute Gasteiger partial charge is 0.327 e. The van der Waals surface area contributed by atoms with Gasteiger partial charge in [0.25, 0.3) is 0 Å². The second-order valence-corrected chi connectivity index (χ2v) is 8.28. The summed E-state index contributed by atoms with van der Waals surface area (Å²) >= 11 is 3.87. The lowest BCUT2D eigenvalue weighted by atomic mass is 9.96. The monoisotopic (exact) mass is 448 g/mol. The van der Waals surface area contributed by atoms with Gasteiger partial charge < -0.3 is 31.9 Å². The molecule has 0 rings (SSSR count). The zero-order valence-electron chi connectivity index (χ0n) is 18.2. The predicted octanol–water partition coefficient (Wildman–Crippen LogP) is -0.744. The van der Waals surface area contributed by atoms with Crippen molar-refractivity contribution in [3.8, 4) is 0 Å². The van der Waals surface area contributed by atoms with Crippen LogP contribution in [0.1, 0.15) is 47.5 Å². The van der Waals surface area contributed by atoms with E-state index in [1.807, 2.05) is 20.8 Å². The summed E-state index contributed by atoms with van der Waals surface area (Å²) in [5.41, 5.74) is 5.89. The first-order valence-corrected chi connectivity index (χ1v) is 10.7. The number of hydrogen-bond acceptors (Lipinski definition) is 7. The van der Waals surface area contributed by atoms with Crippen molar-refractivity contribution in [3.63, 3.8) is 0 Å². The molecular formula is C19H36N4O6S. The van der Waals surface area contributed by atoms with Crippen molar-refractivity contribution in [2.75, 3.05) is 5.75 Å². The molecule has 0 saturated heterocycles. The first-order valence-electron chi connectivity index (χ1n) is 10.0. The van der Waals surface area contributed by atoms with E-state index in [0.717, 1.165) is 0 Å². The maximum Gasteiger partial charge on any atom is 0.327 e. The number of carbonyl (C=O) groups is 4. The Morgan fingerprint density at radius 1 is 0.933 bits per heavy atom. The van der Waals surface area contributed by atoms with Crippen LogP contribution in [0.25, 0.3) is 0 Å². The van der Waals surface area contributed by atoms with E-state index in [-0.39, 0.29) is 17.6 Å². The second kappa shape index (κ2) is 13.5. The van der Waals surface area contributed by atoms with E-state index in [2.05, 4.69) is 28.6 Å². The van der Waals surface area contributed by atoms with E-state index >= 15 is 0 Å². The van der Waals surface area contributed by atoms with Crippen molar-refractivity contribution in [3.05, 3.63) is 0 Å². The Labute approximate surface area is 183 Å². The molecule has 0 bridgehead atoms. The van der Waals surface area contributed by atoms with Gasteiger partial charge in [-0.25, -0.2) is 4.79 Å². The number of carboxylic acid groups (broad SMARTS) is 1. The topological polar surface area (TPSA) is 171 Å². The van der Waals surface area contributed by atoms with Gasteiger partial charge in [-0.05, 0) is 25.2 Å². The summed E-state index contributed by atoms with van der Waals surface area (Å²) in [4.78, 5) is 48.8. The first kappa shape index (κ1) is 28.1. The zero-order valence-corrected chi connectivity index (χ0v) is 19.1. The molecule has 0 aromatic heterocycles. The quantitative estimate of drug-likeness (QED) is 0.182. The van der Waals surface area contributed by atoms with Gasteiger partial charge >= 0.3 is 5.97 Å². The number of thiol groups is 1. The van der Waals surface area contributed by atoms with Gasteiger partial charge in [0.15, 0.2) is 0 Å². The largest absolute Gasteiger partial charge is 0.480 e. The van der Waals surface area contributed by atoms with E-state index in [4.69, 9.17) is 10.8 Å². The summed E-state index contributed by atoms with van der Waals surface area (Å²) in [6.07, 6.45) is -0.302. The number of aliphatic hydroxyl groups excluding tert-OH is 1. The zero-order chi connectivity index (χ0) is 23.6. The Balaban J connectivity index is 5.39. The lowest BCUT2D eigenvalue weighted by Crippen LogP contribution is -2.61. The minimum atomic E-state index is -1.41. The molecule has 7 N–H and O–H groups in total. The lowest BCUT2D eigenvalue weighted by Gasteiger charge is -2.29. The van der Waals surface area contributed by atoms with E-state index in [9.17, 15) is 24.3 Å². The van der Waals surface area contributed by atoms with E-state index in [1.165, 1.54) is 6.92 Å². The molecule has 0 spiro atoms. The van der Waals surface area contributed by atoms with Crippen LogP contribution in [0.2, 0.25) is 0 Å². The van der Waals surface area contributed by atoms with Crippen LogP contribution in [-0.4, -0.2) is 69.9 Å². The molecule has 174 valence electrons. The molecule has 0 radical (unpaired) electrons. The Hall–Kier alpha value is -1.85. The average Bonchev–Trinajstić information content (AvgIpc) is 2.65. The maximum absolute atomic E-state index is 12.8. The normalized spacial score (nSPS) is 17.2. The highest BCUT2D eigenvalue weighted by atomic mass is 32.1. The number of carbonyl (C=O) groups excluding carboxylic acids is 3. The molecule has 11 heteroatoms. The van der Waals surface area contributed by atoms with E-state index in [0.29, 0.717) is 12.8 Å². The van der Waals surface area contributed by atoms with Gasteiger partial charge in [0.2, 0.25) is 17.7 Å². The fourth-order valence-electron chi connectivity index (χ4n) is 2.67. The predicted molar refractivity (Wildman–Crippen MR) is 116 cm³/mol. The summed E-state index contributed by atoms with van der Waals surface area (Å²) in [6, 6.07) is -4.45. The van der Waals surface area contributed by atoms with Crippen LogP contribution in [-0.2, 0) is 19.2 Å². The molecule has 6 atom stereocenters. The number of carboxylic acids is 1. The van der Waals surface area contributed by atoms with Gasteiger partial charge in [-0.3, -0.25) is 14.4 Å². The summed E-state index contributed by atoms with van der Waals surface area (Å²) in [5, 5.41) is 26.3. The molecule has 0 saturated carbocycles. The van der Waals surface area contributed by atoms with Gasteiger partial charge in [-0.2, -0.15) is 12.6 Å². The highest BCUT2D eigenvalue weighted by Crippen LogP contribution is 2.11. The van der Waals surface area contributed by atoms with Crippen LogP contribution in [0, 0.1) is 11.8 Å². The summed E-state index contributed by atoms with van der Waals surface area (Å²) < 4.78 is 0. The highest BCUT2D eigenvalue weighted by molar-refractivity contribution is 7.80. The fourth-order valence-corrected chi connectivity index (χ4v) is 2.92. The van der Waals surface area contributed by atoms with Crippen molar-refractivity contribution in [1.29, 1.82) is 0 Å². The third kappa shape index (κ3) is 9.31. The molecule has 10 nitrogen and oxygen atoms in total. The maximum atomic E-state index is 12.8. The number of nitrogens with two attached hydrogens (primary N) is 1. The number of aliphatic carboxylic acids is 1. The Bertz CT molecular complexity index is 602. The third-order valence-corrected chi connectivity index (χ3v) is 5.08. The van der Waals surface area contributed by atoms with Gasteiger partial charge in [0, 0.05) is 5.75 Å². The Morgan fingerprint density at radius 2 is 1.43 bits per heavy atom. The average molecular weight is 449 g/mol. The van der Waals surface area contributed by atoms with Crippen LogP contribution in [0.5, 0.6) is 0 Å². The molecule has 0 aliphatic heterocycles. The number of rotatable bonds is 13. The van der Waals surface area contributed by atoms with Crippen LogP contribution in [0.15, 0.2) is 0 Å². The van der Waals surface area contributed by atoms with Crippen molar-refractivity contribution in [1.82, 2.24) is 16.0 Å².